The SMILES string of the molecule is [CH2]C(O)c1ccc(OC)c(F)c1. The van der Waals surface area contributed by atoms with Crippen LogP contribution in [0.4, 0.5) is 4.39 Å². The molecule has 1 N–H and O–H groups in total. The first-order valence-corrected chi connectivity index (χ1v) is 3.49. The van der Waals surface area contributed by atoms with Gasteiger partial charge in [0.1, 0.15) is 0 Å². The highest BCUT2D eigenvalue weighted by atomic mass is 19.1. The van der Waals surface area contributed by atoms with Gasteiger partial charge in [-0.2, -0.15) is 0 Å². The Morgan fingerprint density at radius 2 is 2.25 bits per heavy atom. The molecule has 0 heterocycles. The molecule has 12 heavy (non-hydrogen) atoms. The zero-order valence-electron chi connectivity index (χ0n) is 6.75. The summed E-state index contributed by atoms with van der Waals surface area (Å²) in [5, 5.41) is 8.99. The molecule has 0 saturated carbocycles. The third-order valence-electron chi connectivity index (χ3n) is 1.56. The second-order valence-corrected chi connectivity index (χ2v) is 2.41. The molecule has 3 heteroatoms. The lowest BCUT2D eigenvalue weighted by Crippen LogP contribution is -1.94. The Morgan fingerprint density at radius 3 is 2.67 bits per heavy atom. The third kappa shape index (κ3) is 1.74. The topological polar surface area (TPSA) is 29.5 Å². The Hall–Kier alpha value is -1.09. The number of rotatable bonds is 2. The van der Waals surface area contributed by atoms with Gasteiger partial charge in [0.05, 0.1) is 13.2 Å². The summed E-state index contributed by atoms with van der Waals surface area (Å²) in [5.74, 6) is -0.322. The molecule has 0 aliphatic rings. The molecular weight excluding hydrogens is 159 g/mol. The Kier molecular flexibility index (Phi) is 2.65. The predicted molar refractivity (Wildman–Crippen MR) is 43.3 cm³/mol. The van der Waals surface area contributed by atoms with Crippen LogP contribution in [0.3, 0.4) is 0 Å². The Labute approximate surface area is 70.6 Å². The Morgan fingerprint density at radius 1 is 1.58 bits per heavy atom. The monoisotopic (exact) mass is 169 g/mol. The van der Waals surface area contributed by atoms with Gasteiger partial charge in [0.25, 0.3) is 0 Å². The van der Waals surface area contributed by atoms with E-state index in [4.69, 9.17) is 9.84 Å². The zero-order chi connectivity index (χ0) is 9.14. The number of hydrogen-bond acceptors (Lipinski definition) is 2. The van der Waals surface area contributed by atoms with Gasteiger partial charge in [0.2, 0.25) is 0 Å². The lowest BCUT2D eigenvalue weighted by molar-refractivity contribution is 0.225. The third-order valence-corrected chi connectivity index (χ3v) is 1.56. The summed E-state index contributed by atoms with van der Waals surface area (Å²) in [5.41, 5.74) is 0.438. The lowest BCUT2D eigenvalue weighted by atomic mass is 10.1. The van der Waals surface area contributed by atoms with Crippen LogP contribution >= 0.6 is 0 Å². The minimum atomic E-state index is -0.898. The van der Waals surface area contributed by atoms with E-state index in [1.165, 1.54) is 19.2 Å². The van der Waals surface area contributed by atoms with Gasteiger partial charge in [-0.1, -0.05) is 6.07 Å². The van der Waals surface area contributed by atoms with E-state index in [0.29, 0.717) is 5.56 Å². The van der Waals surface area contributed by atoms with Gasteiger partial charge in [-0.25, -0.2) is 4.39 Å². The number of hydrogen-bond donors (Lipinski definition) is 1. The highest BCUT2D eigenvalue weighted by Crippen LogP contribution is 2.20. The first kappa shape index (κ1) is 9.00. The second kappa shape index (κ2) is 3.54. The molecule has 1 aromatic carbocycles. The molecule has 0 spiro atoms. The summed E-state index contributed by atoms with van der Waals surface area (Å²) in [6.07, 6.45) is -0.898. The van der Waals surface area contributed by atoms with Crippen molar-refractivity contribution in [1.29, 1.82) is 0 Å². The van der Waals surface area contributed by atoms with Crippen molar-refractivity contribution in [2.45, 2.75) is 6.10 Å². The van der Waals surface area contributed by atoms with Crippen molar-refractivity contribution in [2.24, 2.45) is 0 Å². The minimum Gasteiger partial charge on any atom is -0.494 e. The summed E-state index contributed by atoms with van der Waals surface area (Å²) in [6.45, 7) is 3.35. The van der Waals surface area contributed by atoms with E-state index >= 15 is 0 Å². The highest BCUT2D eigenvalue weighted by molar-refractivity contribution is 5.30. The van der Waals surface area contributed by atoms with Crippen molar-refractivity contribution < 1.29 is 14.2 Å². The molecule has 2 nitrogen and oxygen atoms in total. The number of methoxy groups -OCH3 is 1. The summed E-state index contributed by atoms with van der Waals surface area (Å²) in [7, 11) is 1.39. The van der Waals surface area contributed by atoms with E-state index in [9.17, 15) is 4.39 Å². The van der Waals surface area contributed by atoms with E-state index in [-0.39, 0.29) is 5.75 Å². The molecule has 1 aromatic rings. The molecule has 1 atom stereocenters. The van der Waals surface area contributed by atoms with Gasteiger partial charge < -0.3 is 9.84 Å². The number of ether oxygens (including phenoxy) is 1. The van der Waals surface area contributed by atoms with Crippen LogP contribution in [0.15, 0.2) is 18.2 Å². The van der Waals surface area contributed by atoms with Gasteiger partial charge in [0, 0.05) is 0 Å². The maximum absolute atomic E-state index is 12.9. The fourth-order valence-electron chi connectivity index (χ4n) is 0.890. The highest BCUT2D eigenvalue weighted by Gasteiger charge is 2.06. The number of aliphatic hydroxyl groups excluding tert-OH is 1. The average molecular weight is 169 g/mol. The maximum atomic E-state index is 12.9. The molecule has 1 radical (unpaired) electrons. The summed E-state index contributed by atoms with van der Waals surface area (Å²) < 4.78 is 17.6. The van der Waals surface area contributed by atoms with Crippen molar-refractivity contribution in [1.82, 2.24) is 0 Å². The molecule has 0 fully saturated rings. The van der Waals surface area contributed by atoms with Gasteiger partial charge in [0.15, 0.2) is 11.6 Å². The molecule has 0 saturated heterocycles. The van der Waals surface area contributed by atoms with Gasteiger partial charge in [-0.3, -0.25) is 0 Å². The second-order valence-electron chi connectivity index (χ2n) is 2.41. The molecule has 65 valence electrons. The molecule has 0 aliphatic heterocycles. The van der Waals surface area contributed by atoms with Gasteiger partial charge in [-0.05, 0) is 24.6 Å². The van der Waals surface area contributed by atoms with Crippen LogP contribution in [-0.2, 0) is 0 Å². The molecular formula is C9H10FO2. The van der Waals surface area contributed by atoms with Crippen molar-refractivity contribution in [2.75, 3.05) is 7.11 Å². The summed E-state index contributed by atoms with van der Waals surface area (Å²) >= 11 is 0. The molecule has 1 unspecified atom stereocenters. The van der Waals surface area contributed by atoms with Crippen LogP contribution in [0.1, 0.15) is 11.7 Å². The van der Waals surface area contributed by atoms with E-state index in [1.54, 1.807) is 6.07 Å². The smallest absolute Gasteiger partial charge is 0.165 e. The lowest BCUT2D eigenvalue weighted by Gasteiger charge is -2.06. The fraction of sp³-hybridized carbons (Fsp3) is 0.222. The molecule has 0 aliphatic carbocycles. The predicted octanol–water partition coefficient (Wildman–Crippen LogP) is 1.70. The first-order valence-electron chi connectivity index (χ1n) is 3.49. The van der Waals surface area contributed by atoms with Crippen LogP contribution in [0.25, 0.3) is 0 Å². The van der Waals surface area contributed by atoms with Crippen LogP contribution in [0.2, 0.25) is 0 Å². The molecule has 0 bridgehead atoms. The molecule has 0 amide bonds. The van der Waals surface area contributed by atoms with Gasteiger partial charge in [-0.15, -0.1) is 0 Å². The average Bonchev–Trinajstić information content (AvgIpc) is 2.04. The van der Waals surface area contributed by atoms with Crippen molar-refractivity contribution in [3.63, 3.8) is 0 Å². The number of aliphatic hydroxyl groups is 1. The Bertz CT molecular complexity index is 271. The molecule has 1 rings (SSSR count). The van der Waals surface area contributed by atoms with Crippen LogP contribution in [0, 0.1) is 12.7 Å². The van der Waals surface area contributed by atoms with Gasteiger partial charge >= 0.3 is 0 Å². The van der Waals surface area contributed by atoms with E-state index in [2.05, 4.69) is 6.92 Å². The first-order chi connectivity index (χ1) is 5.65. The summed E-state index contributed by atoms with van der Waals surface area (Å²) in [6, 6.07) is 4.23. The standard InChI is InChI=1S/C9H10FO2/c1-6(11)7-3-4-9(12-2)8(10)5-7/h3-6,11H,1H2,2H3. The zero-order valence-corrected chi connectivity index (χ0v) is 6.75. The van der Waals surface area contributed by atoms with E-state index in [1.807, 2.05) is 0 Å². The number of halogens is 1. The quantitative estimate of drug-likeness (QED) is 0.730. The largest absolute Gasteiger partial charge is 0.494 e. The van der Waals surface area contributed by atoms with Crippen molar-refractivity contribution in [3.05, 3.63) is 36.5 Å². The van der Waals surface area contributed by atoms with E-state index in [0.717, 1.165) is 0 Å². The summed E-state index contributed by atoms with van der Waals surface area (Å²) in [4.78, 5) is 0. The number of benzene rings is 1. The molecule has 0 aromatic heterocycles. The van der Waals surface area contributed by atoms with Crippen molar-refractivity contribution in [3.8, 4) is 5.75 Å². The minimum absolute atomic E-state index is 0.166. The van der Waals surface area contributed by atoms with E-state index < -0.39 is 11.9 Å². The maximum Gasteiger partial charge on any atom is 0.165 e. The van der Waals surface area contributed by atoms with Crippen LogP contribution in [-0.4, -0.2) is 12.2 Å². The normalized spacial score (nSPS) is 12.7. The fourth-order valence-corrected chi connectivity index (χ4v) is 0.890. The van der Waals surface area contributed by atoms with Crippen LogP contribution in [0.5, 0.6) is 5.75 Å². The van der Waals surface area contributed by atoms with Crippen LogP contribution < -0.4 is 4.74 Å². The van der Waals surface area contributed by atoms with Crippen molar-refractivity contribution >= 4 is 0 Å². The Balaban J connectivity index is 3.02.